The lowest BCUT2D eigenvalue weighted by Crippen LogP contribution is -2.18. The predicted molar refractivity (Wildman–Crippen MR) is 110 cm³/mol. The summed E-state index contributed by atoms with van der Waals surface area (Å²) in [5.74, 6) is 0.641. The van der Waals surface area contributed by atoms with E-state index in [0.717, 1.165) is 11.4 Å². The summed E-state index contributed by atoms with van der Waals surface area (Å²) >= 11 is 0. The van der Waals surface area contributed by atoms with Crippen molar-refractivity contribution in [3.05, 3.63) is 52.6 Å². The van der Waals surface area contributed by atoms with Crippen molar-refractivity contribution in [2.75, 3.05) is 10.6 Å². The van der Waals surface area contributed by atoms with Gasteiger partial charge in [0.25, 0.3) is 5.56 Å². The Labute approximate surface area is 162 Å². The summed E-state index contributed by atoms with van der Waals surface area (Å²) in [6.07, 6.45) is 3.22. The molecule has 3 heterocycles. The van der Waals surface area contributed by atoms with E-state index in [9.17, 15) is 4.79 Å². The molecule has 4 N–H and O–H groups in total. The molecule has 9 nitrogen and oxygen atoms in total. The van der Waals surface area contributed by atoms with Gasteiger partial charge in [0, 0.05) is 19.3 Å². The molecule has 0 fully saturated rings. The Morgan fingerprint density at radius 1 is 1.39 bits per heavy atom. The number of hydrogen-bond donors (Lipinski definition) is 4. The Morgan fingerprint density at radius 3 is 2.79 bits per heavy atom. The molecule has 3 rings (SSSR count). The molecule has 0 aliphatic heterocycles. The molecule has 0 aromatic carbocycles. The Kier molecular flexibility index (Phi) is 5.53. The number of hydrogen-bond acceptors (Lipinski definition) is 7. The Hall–Kier alpha value is -3.49. The summed E-state index contributed by atoms with van der Waals surface area (Å²) in [6.45, 7) is 6.11. The highest BCUT2D eigenvalue weighted by atomic mass is 16.1. The SMILES string of the molecule is CC(=N)c1nc(-c2ccc[nH]c2=O)cc(NCc2ncn(C)n2)c1NC(C)C. The summed E-state index contributed by atoms with van der Waals surface area (Å²) in [5.41, 5.74) is 2.95. The third-order valence-electron chi connectivity index (χ3n) is 3.99. The van der Waals surface area contributed by atoms with E-state index in [4.69, 9.17) is 5.41 Å². The molecule has 0 saturated carbocycles. The second-order valence-electron chi connectivity index (χ2n) is 6.80. The average Bonchev–Trinajstić information content (AvgIpc) is 3.06. The van der Waals surface area contributed by atoms with Gasteiger partial charge >= 0.3 is 0 Å². The first-order chi connectivity index (χ1) is 13.3. The highest BCUT2D eigenvalue weighted by Crippen LogP contribution is 2.30. The van der Waals surface area contributed by atoms with Crippen molar-refractivity contribution in [3.63, 3.8) is 0 Å². The van der Waals surface area contributed by atoms with Crippen molar-refractivity contribution in [1.82, 2.24) is 24.7 Å². The van der Waals surface area contributed by atoms with Crippen molar-refractivity contribution >= 4 is 17.1 Å². The molecule has 0 unspecified atom stereocenters. The molecule has 146 valence electrons. The van der Waals surface area contributed by atoms with Crippen LogP contribution in [0.5, 0.6) is 0 Å². The largest absolute Gasteiger partial charge is 0.379 e. The second kappa shape index (κ2) is 8.03. The first-order valence-corrected chi connectivity index (χ1v) is 8.98. The minimum Gasteiger partial charge on any atom is -0.379 e. The first kappa shape index (κ1) is 19.3. The second-order valence-corrected chi connectivity index (χ2v) is 6.80. The van der Waals surface area contributed by atoms with Crippen molar-refractivity contribution in [3.8, 4) is 11.3 Å². The molecule has 3 aromatic rings. The van der Waals surface area contributed by atoms with Crippen molar-refractivity contribution < 1.29 is 0 Å². The predicted octanol–water partition coefficient (Wildman–Crippen LogP) is 2.39. The lowest BCUT2D eigenvalue weighted by Gasteiger charge is -2.20. The van der Waals surface area contributed by atoms with E-state index >= 15 is 0 Å². The van der Waals surface area contributed by atoms with Crippen LogP contribution < -0.4 is 16.2 Å². The van der Waals surface area contributed by atoms with Crippen LogP contribution in [0.4, 0.5) is 11.4 Å². The van der Waals surface area contributed by atoms with Crippen LogP contribution in [0.2, 0.25) is 0 Å². The van der Waals surface area contributed by atoms with E-state index in [-0.39, 0.29) is 11.6 Å². The van der Waals surface area contributed by atoms with E-state index in [1.165, 1.54) is 0 Å². The van der Waals surface area contributed by atoms with Gasteiger partial charge in [-0.2, -0.15) is 5.10 Å². The third kappa shape index (κ3) is 4.25. The maximum atomic E-state index is 12.2. The van der Waals surface area contributed by atoms with Crippen LogP contribution in [0.15, 0.2) is 35.5 Å². The fraction of sp³-hybridized carbons (Fsp3) is 0.316. The summed E-state index contributed by atoms with van der Waals surface area (Å²) < 4.78 is 1.64. The summed E-state index contributed by atoms with van der Waals surface area (Å²) in [5, 5.41) is 19.1. The van der Waals surface area contributed by atoms with Gasteiger partial charge in [-0.15, -0.1) is 0 Å². The minimum atomic E-state index is -0.231. The quantitative estimate of drug-likeness (QED) is 0.467. The molecule has 0 atom stereocenters. The van der Waals surface area contributed by atoms with Crippen LogP contribution in [0, 0.1) is 5.41 Å². The molecule has 0 saturated heterocycles. The van der Waals surface area contributed by atoms with E-state index in [1.54, 1.807) is 36.3 Å². The number of H-pyrrole nitrogens is 1. The van der Waals surface area contributed by atoms with Gasteiger partial charge in [0.15, 0.2) is 5.82 Å². The zero-order chi connectivity index (χ0) is 20.3. The highest BCUT2D eigenvalue weighted by molar-refractivity contribution is 6.03. The summed E-state index contributed by atoms with van der Waals surface area (Å²) in [6, 6.07) is 5.41. The molecular weight excluding hydrogens is 356 g/mol. The minimum absolute atomic E-state index is 0.138. The fourth-order valence-electron chi connectivity index (χ4n) is 2.79. The van der Waals surface area contributed by atoms with E-state index in [1.807, 2.05) is 27.0 Å². The van der Waals surface area contributed by atoms with Crippen LogP contribution in [0.3, 0.4) is 0 Å². The van der Waals surface area contributed by atoms with Crippen LogP contribution in [0.1, 0.15) is 32.3 Å². The first-order valence-electron chi connectivity index (χ1n) is 8.98. The number of nitrogens with zero attached hydrogens (tertiary/aromatic N) is 4. The maximum Gasteiger partial charge on any atom is 0.257 e. The van der Waals surface area contributed by atoms with Gasteiger partial charge in [0.2, 0.25) is 0 Å². The van der Waals surface area contributed by atoms with E-state index in [0.29, 0.717) is 35.0 Å². The molecule has 0 radical (unpaired) electrons. The monoisotopic (exact) mass is 380 g/mol. The number of rotatable bonds is 7. The Balaban J connectivity index is 2.10. The smallest absolute Gasteiger partial charge is 0.257 e. The van der Waals surface area contributed by atoms with E-state index in [2.05, 4.69) is 30.7 Å². The molecule has 0 bridgehead atoms. The van der Waals surface area contributed by atoms with Crippen molar-refractivity contribution in [2.45, 2.75) is 33.4 Å². The molecule has 3 aromatic heterocycles. The molecule has 0 amide bonds. The topological polar surface area (TPSA) is 124 Å². The molecule has 28 heavy (non-hydrogen) atoms. The average molecular weight is 380 g/mol. The number of aromatic amines is 1. The lowest BCUT2D eigenvalue weighted by molar-refractivity contribution is 0.747. The van der Waals surface area contributed by atoms with Gasteiger partial charge in [0.1, 0.15) is 12.0 Å². The maximum absolute atomic E-state index is 12.2. The highest BCUT2D eigenvalue weighted by Gasteiger charge is 2.17. The third-order valence-corrected chi connectivity index (χ3v) is 3.99. The summed E-state index contributed by atoms with van der Waals surface area (Å²) in [4.78, 5) is 23.7. The lowest BCUT2D eigenvalue weighted by atomic mass is 10.1. The number of nitrogens with one attached hydrogen (secondary N) is 4. The Bertz CT molecular complexity index is 1050. The van der Waals surface area contributed by atoms with Crippen LogP contribution in [0.25, 0.3) is 11.3 Å². The number of aromatic nitrogens is 5. The molecule has 9 heteroatoms. The Morgan fingerprint density at radius 2 is 2.18 bits per heavy atom. The van der Waals surface area contributed by atoms with Gasteiger partial charge in [-0.05, 0) is 39.0 Å². The summed E-state index contributed by atoms with van der Waals surface area (Å²) in [7, 11) is 1.81. The van der Waals surface area contributed by atoms with Crippen LogP contribution in [-0.4, -0.2) is 36.5 Å². The van der Waals surface area contributed by atoms with Crippen LogP contribution in [-0.2, 0) is 13.6 Å². The van der Waals surface area contributed by atoms with Gasteiger partial charge in [-0.25, -0.2) is 9.97 Å². The number of anilines is 2. The van der Waals surface area contributed by atoms with Gasteiger partial charge in [-0.1, -0.05) is 0 Å². The zero-order valence-corrected chi connectivity index (χ0v) is 16.4. The fourth-order valence-corrected chi connectivity index (χ4v) is 2.79. The zero-order valence-electron chi connectivity index (χ0n) is 16.4. The number of pyridine rings is 2. The van der Waals surface area contributed by atoms with E-state index < -0.39 is 0 Å². The molecular formula is C19H24N8O. The van der Waals surface area contributed by atoms with Crippen molar-refractivity contribution in [1.29, 1.82) is 5.41 Å². The molecule has 0 spiro atoms. The molecule has 0 aliphatic rings. The van der Waals surface area contributed by atoms with Gasteiger partial charge in [0.05, 0.1) is 34.9 Å². The normalized spacial score (nSPS) is 10.9. The molecule has 0 aliphatic carbocycles. The van der Waals surface area contributed by atoms with Gasteiger partial charge in [-0.3, -0.25) is 9.48 Å². The standard InChI is InChI=1S/C19H24N8O/c1-11(2)24-18-15(22-9-16-23-10-27(4)26-16)8-14(25-17(18)12(3)20)13-6-5-7-21-19(13)28/h5-8,10-11,20,24H,9H2,1-4H3,(H,21,28)(H,22,25). The van der Waals surface area contributed by atoms with Gasteiger partial charge < -0.3 is 21.0 Å². The van der Waals surface area contributed by atoms with Crippen LogP contribution >= 0.6 is 0 Å². The number of aryl methyl sites for hydroxylation is 1. The van der Waals surface area contributed by atoms with Crippen molar-refractivity contribution in [2.24, 2.45) is 7.05 Å².